The smallest absolute Gasteiger partial charge is 0.246 e. The molecule has 3 heterocycles. The molecular formula is C24H22N4OS. The molecule has 1 aliphatic heterocycles. The molecule has 1 saturated heterocycles. The van der Waals surface area contributed by atoms with Crippen LogP contribution in [0, 0.1) is 0 Å². The Labute approximate surface area is 179 Å². The second kappa shape index (κ2) is 8.24. The Kier molecular flexibility index (Phi) is 5.15. The van der Waals surface area contributed by atoms with Crippen LogP contribution in [-0.4, -0.2) is 38.7 Å². The van der Waals surface area contributed by atoms with Crippen molar-refractivity contribution in [3.8, 4) is 5.69 Å². The van der Waals surface area contributed by atoms with Crippen molar-refractivity contribution >= 4 is 33.5 Å². The highest BCUT2D eigenvalue weighted by atomic mass is 32.1. The Morgan fingerprint density at radius 3 is 2.80 bits per heavy atom. The number of rotatable bonds is 4. The Morgan fingerprint density at radius 2 is 1.93 bits per heavy atom. The maximum Gasteiger partial charge on any atom is 0.246 e. The molecular weight excluding hydrogens is 392 g/mol. The number of nitrogens with zero attached hydrogens (tertiary/aromatic N) is 4. The number of carbonyl (C=O) groups is 1. The van der Waals surface area contributed by atoms with Gasteiger partial charge in [-0.25, -0.2) is 9.67 Å². The summed E-state index contributed by atoms with van der Waals surface area (Å²) in [5.74, 6) is 0.364. The van der Waals surface area contributed by atoms with Crippen LogP contribution in [0.1, 0.15) is 29.3 Å². The third kappa shape index (κ3) is 3.91. The van der Waals surface area contributed by atoms with Crippen LogP contribution >= 0.6 is 11.3 Å². The van der Waals surface area contributed by atoms with Crippen molar-refractivity contribution in [2.75, 3.05) is 13.1 Å². The van der Waals surface area contributed by atoms with E-state index >= 15 is 0 Å². The van der Waals surface area contributed by atoms with Gasteiger partial charge in [-0.1, -0.05) is 30.3 Å². The molecule has 0 N–H and O–H groups in total. The van der Waals surface area contributed by atoms with E-state index in [1.165, 1.54) is 4.70 Å². The van der Waals surface area contributed by atoms with Gasteiger partial charge in [0.05, 0.1) is 27.1 Å². The molecule has 1 amide bonds. The van der Waals surface area contributed by atoms with E-state index in [2.05, 4.69) is 17.2 Å². The predicted molar refractivity (Wildman–Crippen MR) is 121 cm³/mol. The molecule has 2 aromatic carbocycles. The first-order valence-corrected chi connectivity index (χ1v) is 11.0. The summed E-state index contributed by atoms with van der Waals surface area (Å²) in [6.45, 7) is 1.53. The number of hydrogen-bond acceptors (Lipinski definition) is 4. The number of carbonyl (C=O) groups excluding carboxylic acids is 1. The number of aromatic nitrogens is 3. The second-order valence-electron chi connectivity index (χ2n) is 7.53. The molecule has 0 saturated carbocycles. The number of thiazole rings is 1. The number of piperidine rings is 1. The highest BCUT2D eigenvalue weighted by molar-refractivity contribution is 7.18. The fraction of sp³-hybridized carbons (Fsp3) is 0.208. The molecule has 1 atom stereocenters. The minimum atomic E-state index is 0.0493. The molecule has 2 aromatic heterocycles. The van der Waals surface area contributed by atoms with E-state index in [-0.39, 0.29) is 5.91 Å². The first kappa shape index (κ1) is 18.8. The predicted octanol–water partition coefficient (Wildman–Crippen LogP) is 4.90. The lowest BCUT2D eigenvalue weighted by molar-refractivity contribution is -0.127. The second-order valence-corrected chi connectivity index (χ2v) is 8.59. The highest BCUT2D eigenvalue weighted by Gasteiger charge is 2.26. The van der Waals surface area contributed by atoms with Gasteiger partial charge >= 0.3 is 0 Å². The average molecular weight is 415 g/mol. The van der Waals surface area contributed by atoms with Crippen molar-refractivity contribution in [1.82, 2.24) is 19.7 Å². The zero-order valence-corrected chi connectivity index (χ0v) is 17.3. The molecule has 0 bridgehead atoms. The van der Waals surface area contributed by atoms with E-state index in [1.807, 2.05) is 64.3 Å². The Balaban J connectivity index is 1.26. The molecule has 0 spiro atoms. The standard InChI is InChI=1S/C24H22N4OS/c29-23(13-12-18-15-25-28(16-18)20-8-2-1-3-9-20)27-14-6-7-19(17-27)24-26-21-10-4-5-11-22(21)30-24/h1-5,8-13,15-16,19H,6-7,14,17H2/b13-12+. The van der Waals surface area contributed by atoms with Crippen LogP contribution in [0.2, 0.25) is 0 Å². The van der Waals surface area contributed by atoms with Crippen molar-refractivity contribution in [3.05, 3.63) is 83.6 Å². The highest BCUT2D eigenvalue weighted by Crippen LogP contribution is 2.33. The summed E-state index contributed by atoms with van der Waals surface area (Å²) >= 11 is 1.75. The van der Waals surface area contributed by atoms with Crippen molar-refractivity contribution in [2.24, 2.45) is 0 Å². The number of para-hydroxylation sites is 2. The summed E-state index contributed by atoms with van der Waals surface area (Å²) in [6, 6.07) is 18.2. The van der Waals surface area contributed by atoms with Gasteiger partial charge in [-0.05, 0) is 43.2 Å². The Bertz CT molecular complexity index is 1160. The molecule has 30 heavy (non-hydrogen) atoms. The molecule has 1 aliphatic rings. The van der Waals surface area contributed by atoms with E-state index < -0.39 is 0 Å². The Hall–Kier alpha value is -3.25. The summed E-state index contributed by atoms with van der Waals surface area (Å²) < 4.78 is 3.03. The van der Waals surface area contributed by atoms with Crippen LogP contribution in [0.15, 0.2) is 73.1 Å². The summed E-state index contributed by atoms with van der Waals surface area (Å²) in [5.41, 5.74) is 2.96. The van der Waals surface area contributed by atoms with E-state index in [0.717, 1.165) is 47.7 Å². The maximum atomic E-state index is 12.8. The van der Waals surface area contributed by atoms with Gasteiger partial charge < -0.3 is 4.90 Å². The van der Waals surface area contributed by atoms with Gasteiger partial charge in [0.25, 0.3) is 0 Å². The van der Waals surface area contributed by atoms with Crippen molar-refractivity contribution in [2.45, 2.75) is 18.8 Å². The number of likely N-dealkylation sites (tertiary alicyclic amines) is 1. The SMILES string of the molecule is O=C(/C=C/c1cnn(-c2ccccc2)c1)N1CCCC(c2nc3ccccc3s2)C1. The summed E-state index contributed by atoms with van der Waals surface area (Å²) in [5, 5.41) is 5.52. The average Bonchev–Trinajstić information content (AvgIpc) is 3.45. The van der Waals surface area contributed by atoms with E-state index in [4.69, 9.17) is 4.98 Å². The van der Waals surface area contributed by atoms with Gasteiger partial charge in [0.15, 0.2) is 0 Å². The van der Waals surface area contributed by atoms with E-state index in [9.17, 15) is 4.79 Å². The largest absolute Gasteiger partial charge is 0.338 e. The molecule has 1 unspecified atom stereocenters. The molecule has 5 rings (SSSR count). The number of fused-ring (bicyclic) bond motifs is 1. The third-order valence-corrected chi connectivity index (χ3v) is 6.63. The fourth-order valence-corrected chi connectivity index (χ4v) is 4.95. The lowest BCUT2D eigenvalue weighted by Gasteiger charge is -2.31. The molecule has 6 heteroatoms. The van der Waals surface area contributed by atoms with E-state index in [0.29, 0.717) is 5.92 Å². The van der Waals surface area contributed by atoms with Crippen molar-refractivity contribution < 1.29 is 4.79 Å². The van der Waals surface area contributed by atoms with Gasteiger partial charge in [-0.2, -0.15) is 5.10 Å². The summed E-state index contributed by atoms with van der Waals surface area (Å²) in [6.07, 6.45) is 9.29. The topological polar surface area (TPSA) is 51.0 Å². The summed E-state index contributed by atoms with van der Waals surface area (Å²) in [4.78, 5) is 19.5. The minimum absolute atomic E-state index is 0.0493. The molecule has 0 aliphatic carbocycles. The normalized spacial score (nSPS) is 17.1. The van der Waals surface area contributed by atoms with Gasteiger partial charge in [-0.15, -0.1) is 11.3 Å². The van der Waals surface area contributed by atoms with Crippen LogP contribution in [0.4, 0.5) is 0 Å². The molecule has 5 nitrogen and oxygen atoms in total. The van der Waals surface area contributed by atoms with Gasteiger partial charge in [-0.3, -0.25) is 4.79 Å². The number of hydrogen-bond donors (Lipinski definition) is 0. The van der Waals surface area contributed by atoms with Gasteiger partial charge in [0, 0.05) is 36.8 Å². The first-order chi connectivity index (χ1) is 14.8. The monoisotopic (exact) mass is 414 g/mol. The van der Waals surface area contributed by atoms with E-state index in [1.54, 1.807) is 23.6 Å². The van der Waals surface area contributed by atoms with Gasteiger partial charge in [0.2, 0.25) is 5.91 Å². The van der Waals surface area contributed by atoms with Crippen LogP contribution in [0.5, 0.6) is 0 Å². The third-order valence-electron chi connectivity index (χ3n) is 5.43. The zero-order chi connectivity index (χ0) is 20.3. The minimum Gasteiger partial charge on any atom is -0.338 e. The lowest BCUT2D eigenvalue weighted by Crippen LogP contribution is -2.38. The summed E-state index contributed by atoms with van der Waals surface area (Å²) in [7, 11) is 0. The number of benzene rings is 2. The van der Waals surface area contributed by atoms with Crippen LogP contribution in [0.25, 0.3) is 22.0 Å². The first-order valence-electron chi connectivity index (χ1n) is 10.2. The van der Waals surface area contributed by atoms with Crippen molar-refractivity contribution in [3.63, 3.8) is 0 Å². The van der Waals surface area contributed by atoms with Gasteiger partial charge in [0.1, 0.15) is 0 Å². The maximum absolute atomic E-state index is 12.8. The lowest BCUT2D eigenvalue weighted by atomic mass is 9.98. The van der Waals surface area contributed by atoms with Crippen LogP contribution in [-0.2, 0) is 4.79 Å². The van der Waals surface area contributed by atoms with Crippen LogP contribution in [0.3, 0.4) is 0 Å². The van der Waals surface area contributed by atoms with Crippen LogP contribution < -0.4 is 0 Å². The zero-order valence-electron chi connectivity index (χ0n) is 16.5. The Morgan fingerprint density at radius 1 is 1.10 bits per heavy atom. The molecule has 4 aromatic rings. The molecule has 150 valence electrons. The fourth-order valence-electron chi connectivity index (χ4n) is 3.86. The number of amides is 1. The quantitative estimate of drug-likeness (QED) is 0.446. The van der Waals surface area contributed by atoms with Crippen molar-refractivity contribution in [1.29, 1.82) is 0 Å². The molecule has 0 radical (unpaired) electrons. The molecule has 1 fully saturated rings.